The Balaban J connectivity index is 1.36. The van der Waals surface area contributed by atoms with E-state index in [1.54, 1.807) is 41.6 Å². The van der Waals surface area contributed by atoms with Gasteiger partial charge in [0.15, 0.2) is 11.9 Å². The molecule has 2 atom stereocenters. The fourth-order valence-electron chi connectivity index (χ4n) is 5.86. The molecule has 15 heteroatoms. The number of ether oxygens (including phenoxy) is 1. The van der Waals surface area contributed by atoms with Crippen molar-refractivity contribution in [3.8, 4) is 22.8 Å². The fraction of sp³-hybridized carbons (Fsp3) is 0.250. The Kier molecular flexibility index (Phi) is 10.1. The number of fused-ring (bicyclic) bond motifs is 1. The van der Waals surface area contributed by atoms with Gasteiger partial charge in [0.05, 0.1) is 17.9 Å². The van der Waals surface area contributed by atoms with E-state index < -0.39 is 36.5 Å². The zero-order chi connectivity index (χ0) is 36.4. The van der Waals surface area contributed by atoms with E-state index in [0.29, 0.717) is 22.6 Å². The summed E-state index contributed by atoms with van der Waals surface area (Å²) in [4.78, 5) is 52.4. The Hall–Kier alpha value is -5.28. The SMILES string of the molecule is Cc1cc(C(=O)N2Cc3c(C(=O)NCc4ccccc4-c4ncccn4)n(-c4ccc(OC[C@@H](O)C(F)(F)F)cc4)c(=O)n3C[C@H]2C)ccc1Br. The van der Waals surface area contributed by atoms with Gasteiger partial charge in [-0.2, -0.15) is 13.2 Å². The van der Waals surface area contributed by atoms with Gasteiger partial charge in [0, 0.05) is 47.1 Å². The Labute approximate surface area is 298 Å². The molecule has 6 rings (SSSR count). The van der Waals surface area contributed by atoms with Crippen LogP contribution >= 0.6 is 15.9 Å². The van der Waals surface area contributed by atoms with Crippen LogP contribution in [0.4, 0.5) is 13.2 Å². The number of carbonyl (C=O) groups is 2. The zero-order valence-electron chi connectivity index (χ0n) is 27.4. The van der Waals surface area contributed by atoms with Crippen LogP contribution < -0.4 is 15.7 Å². The van der Waals surface area contributed by atoms with Crippen molar-refractivity contribution in [2.24, 2.45) is 0 Å². The summed E-state index contributed by atoms with van der Waals surface area (Å²) in [5.41, 5.74) is 2.76. The Morgan fingerprint density at radius 1 is 1.06 bits per heavy atom. The minimum atomic E-state index is -4.85. The maximum absolute atomic E-state index is 14.2. The first kappa shape index (κ1) is 35.5. The second-order valence-corrected chi connectivity index (χ2v) is 12.9. The van der Waals surface area contributed by atoms with E-state index >= 15 is 0 Å². The molecule has 264 valence electrons. The predicted molar refractivity (Wildman–Crippen MR) is 184 cm³/mol. The molecule has 0 aliphatic carbocycles. The fourth-order valence-corrected chi connectivity index (χ4v) is 6.10. The van der Waals surface area contributed by atoms with Gasteiger partial charge in [-0.15, -0.1) is 0 Å². The lowest BCUT2D eigenvalue weighted by Gasteiger charge is -2.34. The first-order valence-corrected chi connectivity index (χ1v) is 16.7. The summed E-state index contributed by atoms with van der Waals surface area (Å²) in [6.45, 7) is 2.78. The molecule has 1 aliphatic heterocycles. The van der Waals surface area contributed by atoms with E-state index in [0.717, 1.165) is 15.6 Å². The van der Waals surface area contributed by atoms with Crippen LogP contribution in [0.15, 0.2) is 94.5 Å². The third-order valence-electron chi connectivity index (χ3n) is 8.57. The van der Waals surface area contributed by atoms with Gasteiger partial charge in [-0.25, -0.2) is 14.8 Å². The third kappa shape index (κ3) is 7.44. The number of hydrogen-bond donors (Lipinski definition) is 2. The van der Waals surface area contributed by atoms with Crippen LogP contribution in [0.25, 0.3) is 17.1 Å². The highest BCUT2D eigenvalue weighted by Gasteiger charge is 2.39. The van der Waals surface area contributed by atoms with Crippen molar-refractivity contribution in [2.45, 2.75) is 51.8 Å². The van der Waals surface area contributed by atoms with E-state index in [4.69, 9.17) is 4.74 Å². The number of imidazole rings is 1. The molecule has 0 unspecified atom stereocenters. The quantitative estimate of drug-likeness (QED) is 0.204. The van der Waals surface area contributed by atoms with Crippen molar-refractivity contribution in [1.82, 2.24) is 29.3 Å². The van der Waals surface area contributed by atoms with E-state index in [2.05, 4.69) is 31.2 Å². The summed E-state index contributed by atoms with van der Waals surface area (Å²) in [6, 6.07) is 19.4. The summed E-state index contributed by atoms with van der Waals surface area (Å²) in [5.74, 6) is -0.383. The van der Waals surface area contributed by atoms with E-state index in [9.17, 15) is 32.7 Å². The monoisotopic (exact) mass is 764 g/mol. The standard InChI is InChI=1S/C36H32BrF3N6O5/c1-21-16-23(8-13-28(21)37)34(49)44-19-29-31(33(48)43-17-24-6-3-4-7-27(24)32-41-14-5-15-42-32)46(35(50)45(29)18-22(44)2)25-9-11-26(12-10-25)51-20-30(47)36(38,39)40/h3-16,22,30,47H,17-20H2,1-2H3,(H,43,48)/t22-,30-/m1/s1. The molecule has 51 heavy (non-hydrogen) atoms. The van der Waals surface area contributed by atoms with Crippen molar-refractivity contribution in [2.75, 3.05) is 6.61 Å². The summed E-state index contributed by atoms with van der Waals surface area (Å²) in [7, 11) is 0. The summed E-state index contributed by atoms with van der Waals surface area (Å²) in [6.07, 6.45) is -4.30. The molecule has 0 fully saturated rings. The summed E-state index contributed by atoms with van der Waals surface area (Å²) in [5, 5.41) is 12.2. The second kappa shape index (κ2) is 14.5. The smallest absolute Gasteiger partial charge is 0.417 e. The van der Waals surface area contributed by atoms with Gasteiger partial charge in [-0.05, 0) is 73.5 Å². The lowest BCUT2D eigenvalue weighted by molar-refractivity contribution is -0.210. The highest BCUT2D eigenvalue weighted by atomic mass is 79.9. The van der Waals surface area contributed by atoms with Crippen molar-refractivity contribution in [3.05, 3.63) is 128 Å². The van der Waals surface area contributed by atoms with Crippen LogP contribution in [0.1, 0.15) is 44.6 Å². The molecule has 2 aromatic heterocycles. The molecule has 5 aromatic rings. The van der Waals surface area contributed by atoms with Gasteiger partial charge in [-0.3, -0.25) is 18.7 Å². The number of alkyl halides is 3. The second-order valence-electron chi connectivity index (χ2n) is 12.0. The molecule has 2 N–H and O–H groups in total. The van der Waals surface area contributed by atoms with Gasteiger partial charge >= 0.3 is 11.9 Å². The number of aliphatic hydroxyl groups is 1. The Morgan fingerprint density at radius 2 is 1.76 bits per heavy atom. The maximum Gasteiger partial charge on any atom is 0.417 e. The van der Waals surface area contributed by atoms with Gasteiger partial charge in [0.1, 0.15) is 18.1 Å². The van der Waals surface area contributed by atoms with Crippen molar-refractivity contribution in [1.29, 1.82) is 0 Å². The molecule has 3 heterocycles. The molecule has 0 saturated heterocycles. The molecular formula is C36H32BrF3N6O5. The Bertz CT molecular complexity index is 2140. The van der Waals surface area contributed by atoms with Crippen molar-refractivity contribution >= 4 is 27.7 Å². The average Bonchev–Trinajstić information content (AvgIpc) is 3.41. The first-order valence-electron chi connectivity index (χ1n) is 15.9. The number of aliphatic hydroxyl groups excluding tert-OH is 1. The van der Waals surface area contributed by atoms with Gasteiger partial charge in [0.2, 0.25) is 0 Å². The number of carbonyl (C=O) groups excluding carboxylic acids is 2. The van der Waals surface area contributed by atoms with Crippen LogP contribution in [0, 0.1) is 6.92 Å². The van der Waals surface area contributed by atoms with Gasteiger partial charge in [-0.1, -0.05) is 40.2 Å². The molecule has 0 spiro atoms. The number of aromatic nitrogens is 4. The van der Waals surface area contributed by atoms with Gasteiger partial charge in [0.25, 0.3) is 11.8 Å². The highest BCUT2D eigenvalue weighted by molar-refractivity contribution is 9.10. The molecule has 0 bridgehead atoms. The van der Waals surface area contributed by atoms with Crippen LogP contribution in [-0.2, 0) is 19.6 Å². The lowest BCUT2D eigenvalue weighted by atomic mass is 10.1. The normalized spacial score (nSPS) is 14.9. The largest absolute Gasteiger partial charge is 0.491 e. The van der Waals surface area contributed by atoms with Crippen LogP contribution in [0.3, 0.4) is 0 Å². The summed E-state index contributed by atoms with van der Waals surface area (Å²) >= 11 is 3.46. The van der Waals surface area contributed by atoms with E-state index in [1.807, 2.05) is 38.1 Å². The Morgan fingerprint density at radius 3 is 2.45 bits per heavy atom. The first-order chi connectivity index (χ1) is 24.3. The highest BCUT2D eigenvalue weighted by Crippen LogP contribution is 2.28. The number of halogens is 4. The van der Waals surface area contributed by atoms with Crippen molar-refractivity contribution in [3.63, 3.8) is 0 Å². The van der Waals surface area contributed by atoms with Crippen LogP contribution in [0.2, 0.25) is 0 Å². The number of amides is 2. The topological polar surface area (TPSA) is 132 Å². The molecular weight excluding hydrogens is 733 g/mol. The number of nitrogens with one attached hydrogen (secondary N) is 1. The number of nitrogens with zero attached hydrogens (tertiary/aromatic N) is 5. The number of benzene rings is 3. The summed E-state index contributed by atoms with van der Waals surface area (Å²) < 4.78 is 47.0. The molecule has 3 aromatic carbocycles. The number of rotatable bonds is 9. The molecule has 0 radical (unpaired) electrons. The van der Waals surface area contributed by atoms with E-state index in [-0.39, 0.29) is 42.7 Å². The van der Waals surface area contributed by atoms with Crippen molar-refractivity contribution < 1.29 is 32.6 Å². The molecule has 11 nitrogen and oxygen atoms in total. The lowest BCUT2D eigenvalue weighted by Crippen LogP contribution is -2.47. The average molecular weight is 766 g/mol. The van der Waals surface area contributed by atoms with Crippen LogP contribution in [-0.4, -0.2) is 65.9 Å². The molecule has 0 saturated carbocycles. The zero-order valence-corrected chi connectivity index (χ0v) is 29.0. The van der Waals surface area contributed by atoms with Crippen LogP contribution in [0.5, 0.6) is 5.75 Å². The molecule has 2 amide bonds. The van der Waals surface area contributed by atoms with E-state index in [1.165, 1.54) is 33.4 Å². The maximum atomic E-state index is 14.2. The minimum Gasteiger partial charge on any atom is -0.491 e. The minimum absolute atomic E-state index is 0.00806. The molecule has 1 aliphatic rings. The predicted octanol–water partition coefficient (Wildman–Crippen LogP) is 5.44. The number of hydrogen-bond acceptors (Lipinski definition) is 7. The third-order valence-corrected chi connectivity index (χ3v) is 9.46. The number of aryl methyl sites for hydroxylation is 1. The van der Waals surface area contributed by atoms with Gasteiger partial charge < -0.3 is 20.1 Å².